The molecule has 7 heteroatoms. The Morgan fingerprint density at radius 2 is 1.81 bits per heavy atom. The first-order chi connectivity index (χ1) is 10.3. The highest BCUT2D eigenvalue weighted by Gasteiger charge is 2.06. The molecule has 1 aromatic carbocycles. The van der Waals surface area contributed by atoms with Crippen molar-refractivity contribution in [3.05, 3.63) is 59.4 Å². The van der Waals surface area contributed by atoms with Gasteiger partial charge >= 0.3 is 6.01 Å². The van der Waals surface area contributed by atoms with Gasteiger partial charge in [-0.15, -0.1) is 5.10 Å². The van der Waals surface area contributed by atoms with E-state index in [1.54, 1.807) is 42.9 Å². The van der Waals surface area contributed by atoms with Gasteiger partial charge in [-0.25, -0.2) is 5.43 Å². The molecule has 3 aromatic rings. The molecular formula is C14H10ClN5O. The molecule has 0 saturated carbocycles. The van der Waals surface area contributed by atoms with Crippen molar-refractivity contribution in [2.75, 3.05) is 5.43 Å². The number of aromatic nitrogens is 3. The van der Waals surface area contributed by atoms with Crippen LogP contribution in [-0.2, 0) is 0 Å². The molecule has 1 N–H and O–H groups in total. The van der Waals surface area contributed by atoms with Gasteiger partial charge in [0.05, 0.1) is 6.21 Å². The molecule has 0 fully saturated rings. The predicted octanol–water partition coefficient (Wildman–Crippen LogP) is 3.23. The Morgan fingerprint density at radius 3 is 2.57 bits per heavy atom. The van der Waals surface area contributed by atoms with Gasteiger partial charge in [-0.2, -0.15) is 5.10 Å². The van der Waals surface area contributed by atoms with Gasteiger partial charge < -0.3 is 4.42 Å². The van der Waals surface area contributed by atoms with Crippen molar-refractivity contribution in [2.24, 2.45) is 5.10 Å². The number of hydrogen-bond donors (Lipinski definition) is 1. The van der Waals surface area contributed by atoms with E-state index in [2.05, 4.69) is 25.7 Å². The summed E-state index contributed by atoms with van der Waals surface area (Å²) in [6.45, 7) is 0. The second-order valence-electron chi connectivity index (χ2n) is 4.07. The number of hydrazone groups is 1. The first-order valence-electron chi connectivity index (χ1n) is 6.10. The fourth-order valence-corrected chi connectivity index (χ4v) is 1.72. The number of nitrogens with zero attached hydrogens (tertiary/aromatic N) is 4. The van der Waals surface area contributed by atoms with Crippen LogP contribution in [-0.4, -0.2) is 21.4 Å². The minimum absolute atomic E-state index is 0.215. The molecule has 0 amide bonds. The number of halogens is 1. The van der Waals surface area contributed by atoms with E-state index in [4.69, 9.17) is 16.0 Å². The third-order valence-corrected chi connectivity index (χ3v) is 2.85. The summed E-state index contributed by atoms with van der Waals surface area (Å²) in [6, 6.07) is 11.1. The number of anilines is 1. The van der Waals surface area contributed by atoms with Crippen molar-refractivity contribution in [1.29, 1.82) is 0 Å². The minimum Gasteiger partial charge on any atom is -0.402 e. The second kappa shape index (κ2) is 6.15. The van der Waals surface area contributed by atoms with E-state index in [1.165, 1.54) is 0 Å². The molecule has 0 saturated heterocycles. The van der Waals surface area contributed by atoms with Crippen LogP contribution < -0.4 is 5.43 Å². The first kappa shape index (κ1) is 13.3. The molecule has 0 bridgehead atoms. The lowest BCUT2D eigenvalue weighted by atomic mass is 10.2. The third kappa shape index (κ3) is 3.43. The fourth-order valence-electron chi connectivity index (χ4n) is 1.59. The number of benzene rings is 1. The van der Waals surface area contributed by atoms with Crippen molar-refractivity contribution in [3.63, 3.8) is 0 Å². The molecule has 21 heavy (non-hydrogen) atoms. The lowest BCUT2D eigenvalue weighted by Crippen LogP contribution is -1.90. The van der Waals surface area contributed by atoms with Crippen LogP contribution in [0.25, 0.3) is 11.5 Å². The highest BCUT2D eigenvalue weighted by Crippen LogP contribution is 2.18. The van der Waals surface area contributed by atoms with Crippen LogP contribution in [0.4, 0.5) is 6.01 Å². The molecular weight excluding hydrogens is 290 g/mol. The number of nitrogens with one attached hydrogen (secondary N) is 1. The summed E-state index contributed by atoms with van der Waals surface area (Å²) in [6.07, 6.45) is 4.95. The number of hydrogen-bond acceptors (Lipinski definition) is 6. The Bertz CT molecular complexity index is 740. The van der Waals surface area contributed by atoms with Crippen molar-refractivity contribution in [2.45, 2.75) is 0 Å². The summed E-state index contributed by atoms with van der Waals surface area (Å²) in [5.74, 6) is 0.404. The quantitative estimate of drug-likeness (QED) is 0.591. The summed E-state index contributed by atoms with van der Waals surface area (Å²) >= 11 is 5.80. The topological polar surface area (TPSA) is 76.2 Å². The van der Waals surface area contributed by atoms with E-state index >= 15 is 0 Å². The molecule has 6 nitrogen and oxygen atoms in total. The largest absolute Gasteiger partial charge is 0.402 e. The molecule has 0 aliphatic heterocycles. The smallest absolute Gasteiger partial charge is 0.336 e. The van der Waals surface area contributed by atoms with Gasteiger partial charge in [-0.3, -0.25) is 4.98 Å². The van der Waals surface area contributed by atoms with Crippen molar-refractivity contribution in [1.82, 2.24) is 15.2 Å². The molecule has 2 heterocycles. The fraction of sp³-hybridized carbons (Fsp3) is 0. The maximum Gasteiger partial charge on any atom is 0.336 e. The average molecular weight is 300 g/mol. The van der Waals surface area contributed by atoms with E-state index < -0.39 is 0 Å². The molecule has 0 aliphatic rings. The van der Waals surface area contributed by atoms with Crippen molar-refractivity contribution < 1.29 is 4.42 Å². The van der Waals surface area contributed by atoms with E-state index in [0.29, 0.717) is 10.9 Å². The summed E-state index contributed by atoms with van der Waals surface area (Å²) in [5, 5.41) is 12.5. The van der Waals surface area contributed by atoms with Gasteiger partial charge in [-0.05, 0) is 29.8 Å². The Labute approximate surface area is 125 Å². The third-order valence-electron chi connectivity index (χ3n) is 2.60. The zero-order valence-electron chi connectivity index (χ0n) is 10.8. The molecule has 2 aromatic heterocycles. The van der Waals surface area contributed by atoms with E-state index in [9.17, 15) is 0 Å². The highest BCUT2D eigenvalue weighted by atomic mass is 35.5. The van der Waals surface area contributed by atoms with Crippen LogP contribution in [0, 0.1) is 0 Å². The van der Waals surface area contributed by atoms with Gasteiger partial charge in [0.25, 0.3) is 0 Å². The molecule has 0 spiro atoms. The first-order valence-corrected chi connectivity index (χ1v) is 6.47. The van der Waals surface area contributed by atoms with E-state index in [1.807, 2.05) is 12.1 Å². The predicted molar refractivity (Wildman–Crippen MR) is 80.2 cm³/mol. The second-order valence-corrected chi connectivity index (χ2v) is 4.51. The van der Waals surface area contributed by atoms with Crippen LogP contribution in [0.1, 0.15) is 5.56 Å². The van der Waals surface area contributed by atoms with E-state index in [-0.39, 0.29) is 6.01 Å². The van der Waals surface area contributed by atoms with Crippen molar-refractivity contribution >= 4 is 23.8 Å². The van der Waals surface area contributed by atoms with Crippen molar-refractivity contribution in [3.8, 4) is 11.5 Å². The molecule has 0 aliphatic carbocycles. The molecule has 0 atom stereocenters. The zero-order chi connectivity index (χ0) is 14.5. The van der Waals surface area contributed by atoms with Crippen LogP contribution in [0.15, 0.2) is 58.3 Å². The Morgan fingerprint density at radius 1 is 1.05 bits per heavy atom. The summed E-state index contributed by atoms with van der Waals surface area (Å²) in [7, 11) is 0. The van der Waals surface area contributed by atoms with Gasteiger partial charge in [0, 0.05) is 23.0 Å². The molecule has 104 valence electrons. The Hall–Kier alpha value is -2.73. The standard InChI is InChI=1S/C14H10ClN5O/c15-12-3-1-10(2-4-12)9-17-19-14-20-18-13(21-14)11-5-7-16-8-6-11/h1-9H,(H,19,20)/b17-9+. The lowest BCUT2D eigenvalue weighted by molar-refractivity contribution is 0.583. The van der Waals surface area contributed by atoms with Gasteiger partial charge in [0.1, 0.15) is 0 Å². The summed E-state index contributed by atoms with van der Waals surface area (Å²) in [5.41, 5.74) is 4.38. The van der Waals surface area contributed by atoms with Gasteiger partial charge in [0.15, 0.2) is 0 Å². The van der Waals surface area contributed by atoms with Crippen LogP contribution in [0.2, 0.25) is 5.02 Å². The number of pyridine rings is 1. The molecule has 0 unspecified atom stereocenters. The average Bonchev–Trinajstić information content (AvgIpc) is 2.99. The number of rotatable bonds is 4. The van der Waals surface area contributed by atoms with Crippen LogP contribution >= 0.6 is 11.6 Å². The normalized spacial score (nSPS) is 10.9. The van der Waals surface area contributed by atoms with Gasteiger partial charge in [-0.1, -0.05) is 28.8 Å². The Kier molecular flexibility index (Phi) is 3.88. The highest BCUT2D eigenvalue weighted by molar-refractivity contribution is 6.30. The maximum atomic E-state index is 5.80. The SMILES string of the molecule is Clc1ccc(/C=N/Nc2nnc(-c3ccncc3)o2)cc1. The molecule has 3 rings (SSSR count). The maximum absolute atomic E-state index is 5.80. The monoisotopic (exact) mass is 299 g/mol. The zero-order valence-corrected chi connectivity index (χ0v) is 11.5. The van der Waals surface area contributed by atoms with Crippen LogP contribution in [0.5, 0.6) is 0 Å². The summed E-state index contributed by atoms with van der Waals surface area (Å²) in [4.78, 5) is 3.93. The Balaban J connectivity index is 1.66. The van der Waals surface area contributed by atoms with E-state index in [0.717, 1.165) is 11.1 Å². The van der Waals surface area contributed by atoms with Gasteiger partial charge in [0.2, 0.25) is 5.89 Å². The minimum atomic E-state index is 0.215. The lowest BCUT2D eigenvalue weighted by Gasteiger charge is -1.94. The summed E-state index contributed by atoms with van der Waals surface area (Å²) < 4.78 is 5.43. The van der Waals surface area contributed by atoms with Crippen LogP contribution in [0.3, 0.4) is 0 Å². The molecule has 0 radical (unpaired) electrons.